The van der Waals surface area contributed by atoms with Crippen LogP contribution in [0.2, 0.25) is 0 Å². The molecule has 5 amide bonds. The van der Waals surface area contributed by atoms with E-state index in [4.69, 9.17) is 4.74 Å². The van der Waals surface area contributed by atoms with Crippen LogP contribution in [-0.2, 0) is 26.3 Å². The van der Waals surface area contributed by atoms with Crippen LogP contribution in [0.3, 0.4) is 0 Å². The van der Waals surface area contributed by atoms with Crippen LogP contribution in [0, 0.1) is 5.92 Å². The SMILES string of the molecule is O=C1Nc2ncccc2C2(CCN(C(=O)N[C@H](Cc3cc(Br)c(O)c(Br)c3)C(=O)N[C@H](CC3CCNCC3)C(=O)N3CCN(c4ccncc4)CC3)CC2)O1. The molecule has 1 aromatic carbocycles. The number of hydrogen-bond acceptors (Lipinski definition) is 10. The minimum Gasteiger partial charge on any atom is -0.506 e. The molecule has 4 aliphatic rings. The zero-order valence-corrected chi connectivity index (χ0v) is 33.5. The molecule has 2 aromatic heterocycles. The fourth-order valence-electron chi connectivity index (χ4n) is 8.00. The van der Waals surface area contributed by atoms with Crippen LogP contribution in [0.25, 0.3) is 0 Å². The molecule has 2 atom stereocenters. The maximum atomic E-state index is 14.4. The van der Waals surface area contributed by atoms with Crippen molar-refractivity contribution >= 4 is 67.3 Å². The topological polar surface area (TPSA) is 181 Å². The van der Waals surface area contributed by atoms with Crippen molar-refractivity contribution < 1.29 is 29.0 Å². The van der Waals surface area contributed by atoms with E-state index in [0.29, 0.717) is 65.8 Å². The lowest BCUT2D eigenvalue weighted by Crippen LogP contribution is -2.59. The number of aromatic hydroxyl groups is 1. The van der Waals surface area contributed by atoms with Gasteiger partial charge in [-0.2, -0.15) is 0 Å². The number of fused-ring (bicyclic) bond motifs is 2. The molecule has 0 saturated carbocycles. The van der Waals surface area contributed by atoms with Crippen molar-refractivity contribution in [2.75, 3.05) is 62.6 Å². The van der Waals surface area contributed by atoms with E-state index in [1.807, 2.05) is 23.1 Å². The molecule has 1 spiro atoms. The number of likely N-dealkylation sites (tertiary alicyclic amines) is 1. The molecule has 3 saturated heterocycles. The van der Waals surface area contributed by atoms with Gasteiger partial charge in [-0.3, -0.25) is 19.9 Å². The predicted molar refractivity (Wildman–Crippen MR) is 212 cm³/mol. The van der Waals surface area contributed by atoms with Gasteiger partial charge in [0.1, 0.15) is 29.3 Å². The third-order valence-corrected chi connectivity index (χ3v) is 12.3. The highest BCUT2D eigenvalue weighted by Crippen LogP contribution is 2.42. The minimum absolute atomic E-state index is 0.0167. The van der Waals surface area contributed by atoms with E-state index < -0.39 is 35.7 Å². The molecule has 15 nitrogen and oxygen atoms in total. The van der Waals surface area contributed by atoms with E-state index in [9.17, 15) is 24.3 Å². The molecule has 7 rings (SSSR count). The summed E-state index contributed by atoms with van der Waals surface area (Å²) in [5.41, 5.74) is 1.57. The first-order chi connectivity index (χ1) is 26.6. The summed E-state index contributed by atoms with van der Waals surface area (Å²) in [7, 11) is 0. The van der Waals surface area contributed by atoms with E-state index in [-0.39, 0.29) is 37.1 Å². The quantitative estimate of drug-likeness (QED) is 0.210. The second-order valence-corrected chi connectivity index (χ2v) is 16.2. The van der Waals surface area contributed by atoms with Crippen molar-refractivity contribution in [3.8, 4) is 5.75 Å². The van der Waals surface area contributed by atoms with Crippen LogP contribution in [0.5, 0.6) is 5.75 Å². The molecule has 55 heavy (non-hydrogen) atoms. The highest BCUT2D eigenvalue weighted by molar-refractivity contribution is 9.11. The van der Waals surface area contributed by atoms with E-state index in [1.54, 1.807) is 41.7 Å². The van der Waals surface area contributed by atoms with Gasteiger partial charge < -0.3 is 40.5 Å². The second-order valence-electron chi connectivity index (χ2n) is 14.5. The molecular formula is C38H45Br2N9O6. The fraction of sp³-hybridized carbons (Fsp3) is 0.474. The number of pyridine rings is 2. The number of hydrogen-bond donors (Lipinski definition) is 5. The summed E-state index contributed by atoms with van der Waals surface area (Å²) < 4.78 is 6.68. The number of rotatable bonds is 9. The summed E-state index contributed by atoms with van der Waals surface area (Å²) >= 11 is 6.77. The fourth-order valence-corrected chi connectivity index (χ4v) is 9.28. The number of piperazine rings is 1. The highest BCUT2D eigenvalue weighted by atomic mass is 79.9. The zero-order valence-electron chi connectivity index (χ0n) is 30.3. The Kier molecular flexibility index (Phi) is 12.1. The number of halogens is 2. The number of phenols is 1. The molecule has 3 fully saturated rings. The Morgan fingerprint density at radius 3 is 2.31 bits per heavy atom. The zero-order chi connectivity index (χ0) is 38.5. The summed E-state index contributed by atoms with van der Waals surface area (Å²) in [6, 6.07) is 8.69. The second kappa shape index (κ2) is 17.1. The number of aromatic nitrogens is 2. The van der Waals surface area contributed by atoms with E-state index >= 15 is 0 Å². The van der Waals surface area contributed by atoms with Gasteiger partial charge in [0.25, 0.3) is 0 Å². The number of nitrogens with one attached hydrogen (secondary N) is 4. The maximum Gasteiger partial charge on any atom is 0.413 e. The van der Waals surface area contributed by atoms with Crippen molar-refractivity contribution in [1.29, 1.82) is 0 Å². The van der Waals surface area contributed by atoms with Crippen molar-refractivity contribution in [3.63, 3.8) is 0 Å². The van der Waals surface area contributed by atoms with Crippen molar-refractivity contribution in [1.82, 2.24) is 35.7 Å². The van der Waals surface area contributed by atoms with Crippen LogP contribution >= 0.6 is 31.9 Å². The third-order valence-electron chi connectivity index (χ3n) is 11.1. The summed E-state index contributed by atoms with van der Waals surface area (Å²) in [6.45, 7) is 4.56. The maximum absolute atomic E-state index is 14.4. The van der Waals surface area contributed by atoms with Crippen LogP contribution < -0.4 is 26.2 Å². The van der Waals surface area contributed by atoms with Crippen LogP contribution in [0.1, 0.15) is 43.2 Å². The lowest BCUT2D eigenvalue weighted by Gasteiger charge is -2.43. The lowest BCUT2D eigenvalue weighted by molar-refractivity contribution is -0.137. The van der Waals surface area contributed by atoms with Gasteiger partial charge in [-0.15, -0.1) is 0 Å². The molecule has 17 heteroatoms. The highest BCUT2D eigenvalue weighted by Gasteiger charge is 2.46. The molecule has 5 N–H and O–H groups in total. The number of phenolic OH excluding ortho intramolecular Hbond substituents is 1. The number of carbonyl (C=O) groups is 4. The summed E-state index contributed by atoms with van der Waals surface area (Å²) in [4.78, 5) is 69.2. The van der Waals surface area contributed by atoms with Gasteiger partial charge in [0.05, 0.1) is 8.95 Å². The van der Waals surface area contributed by atoms with Crippen molar-refractivity contribution in [3.05, 3.63) is 75.1 Å². The third kappa shape index (κ3) is 8.99. The smallest absolute Gasteiger partial charge is 0.413 e. The normalized spacial score (nSPS) is 19.5. The molecular weight excluding hydrogens is 838 g/mol. The molecule has 0 bridgehead atoms. The first-order valence-corrected chi connectivity index (χ1v) is 20.3. The van der Waals surface area contributed by atoms with Gasteiger partial charge in [-0.05, 0) is 112 Å². The summed E-state index contributed by atoms with van der Waals surface area (Å²) in [5.74, 6) is 0.105. The van der Waals surface area contributed by atoms with Gasteiger partial charge in [-0.1, -0.05) is 0 Å². The number of ether oxygens (including phenoxy) is 1. The average molecular weight is 884 g/mol. The number of urea groups is 1. The van der Waals surface area contributed by atoms with Crippen LogP contribution in [0.15, 0.2) is 63.9 Å². The van der Waals surface area contributed by atoms with Gasteiger partial charge in [0.15, 0.2) is 0 Å². The Labute approximate surface area is 336 Å². The average Bonchev–Trinajstić information content (AvgIpc) is 3.20. The monoisotopic (exact) mass is 881 g/mol. The van der Waals surface area contributed by atoms with Gasteiger partial charge >= 0.3 is 12.1 Å². The van der Waals surface area contributed by atoms with Crippen LogP contribution in [-0.4, -0.2) is 113 Å². The Balaban J connectivity index is 1.08. The number of benzene rings is 1. The number of piperidine rings is 2. The molecule has 0 unspecified atom stereocenters. The standard InChI is InChI=1S/C38H45Br2N9O6/c39-28-20-25(21-29(40)32(28)50)23-30(45-36(53)49-14-7-38(8-15-49)27-2-1-9-43-33(27)46-37(54)55-38)34(51)44-31(22-24-3-10-41-11-4-24)35(52)48-18-16-47(17-19-48)26-5-12-42-13-6-26/h1-2,5-6,9,12-13,20-21,24,30-31,41,50H,3-4,7-8,10-11,14-19,22-23H2,(H,44,51)(H,45,53)(H,43,46,54)/t30-,31-/m1/s1. The Morgan fingerprint density at radius 1 is 0.927 bits per heavy atom. The van der Waals surface area contributed by atoms with Gasteiger partial charge in [-0.25, -0.2) is 14.6 Å². The Bertz CT molecular complexity index is 1860. The molecule has 0 aliphatic carbocycles. The van der Waals surface area contributed by atoms with E-state index in [0.717, 1.165) is 37.2 Å². The van der Waals surface area contributed by atoms with Gasteiger partial charge in [0, 0.05) is 88.4 Å². The summed E-state index contributed by atoms with van der Waals surface area (Å²) in [6.07, 6.45) is 7.60. The first kappa shape index (κ1) is 38.8. The predicted octanol–water partition coefficient (Wildman–Crippen LogP) is 4.10. The van der Waals surface area contributed by atoms with E-state index in [1.165, 1.54) is 0 Å². The van der Waals surface area contributed by atoms with Crippen molar-refractivity contribution in [2.24, 2.45) is 5.92 Å². The molecule has 6 heterocycles. The Morgan fingerprint density at radius 2 is 1.62 bits per heavy atom. The molecule has 0 radical (unpaired) electrons. The molecule has 4 aliphatic heterocycles. The minimum atomic E-state index is -1.06. The summed E-state index contributed by atoms with van der Waals surface area (Å²) in [5, 5.41) is 22.4. The first-order valence-electron chi connectivity index (χ1n) is 18.7. The number of amides is 5. The number of carbonyl (C=O) groups excluding carboxylic acids is 4. The van der Waals surface area contributed by atoms with Crippen LogP contribution in [0.4, 0.5) is 21.1 Å². The molecule has 292 valence electrons. The lowest BCUT2D eigenvalue weighted by atomic mass is 9.83. The Hall–Kier alpha value is -4.48. The number of anilines is 2. The number of nitrogens with zero attached hydrogens (tertiary/aromatic N) is 5. The largest absolute Gasteiger partial charge is 0.506 e. The van der Waals surface area contributed by atoms with Crippen molar-refractivity contribution in [2.45, 2.75) is 56.2 Å². The van der Waals surface area contributed by atoms with Gasteiger partial charge in [0.2, 0.25) is 11.8 Å². The molecule has 3 aromatic rings. The van der Waals surface area contributed by atoms with E-state index in [2.05, 4.69) is 68.0 Å².